The van der Waals surface area contributed by atoms with Gasteiger partial charge in [0.1, 0.15) is 12.4 Å². The van der Waals surface area contributed by atoms with E-state index in [1.807, 2.05) is 19.2 Å². The molecule has 0 unspecified atom stereocenters. The van der Waals surface area contributed by atoms with Crippen LogP contribution in [0.25, 0.3) is 0 Å². The Balaban J connectivity index is 2.20. The smallest absolute Gasteiger partial charge is 0.130 e. The quantitative estimate of drug-likeness (QED) is 0.908. The molecule has 0 amide bonds. The molecule has 0 atom stereocenters. The molecule has 1 heterocycles. The van der Waals surface area contributed by atoms with E-state index < -0.39 is 0 Å². The van der Waals surface area contributed by atoms with Crippen LogP contribution in [0.15, 0.2) is 36.5 Å². The molecule has 112 valence electrons. The van der Waals surface area contributed by atoms with E-state index >= 15 is 0 Å². The SMILES string of the molecule is CNc1ccnc(COc2ccc(C)cc2C(C)(C)C)c1. The maximum absolute atomic E-state index is 6.01. The summed E-state index contributed by atoms with van der Waals surface area (Å²) in [7, 11) is 1.90. The first kappa shape index (κ1) is 15.4. The Kier molecular flexibility index (Phi) is 4.51. The second-order valence-electron chi connectivity index (χ2n) is 6.32. The van der Waals surface area contributed by atoms with Crippen LogP contribution < -0.4 is 10.1 Å². The van der Waals surface area contributed by atoms with E-state index in [0.717, 1.165) is 17.1 Å². The van der Waals surface area contributed by atoms with Crippen molar-refractivity contribution in [1.29, 1.82) is 0 Å². The van der Waals surface area contributed by atoms with Crippen LogP contribution in [0.4, 0.5) is 5.69 Å². The summed E-state index contributed by atoms with van der Waals surface area (Å²) in [5.41, 5.74) is 4.50. The second kappa shape index (κ2) is 6.17. The Morgan fingerprint density at radius 2 is 1.90 bits per heavy atom. The van der Waals surface area contributed by atoms with Crippen molar-refractivity contribution < 1.29 is 4.74 Å². The maximum Gasteiger partial charge on any atom is 0.130 e. The third kappa shape index (κ3) is 3.97. The van der Waals surface area contributed by atoms with Gasteiger partial charge in [0.05, 0.1) is 5.69 Å². The number of anilines is 1. The van der Waals surface area contributed by atoms with Gasteiger partial charge in [0.15, 0.2) is 0 Å². The molecule has 0 spiro atoms. The highest BCUT2D eigenvalue weighted by Gasteiger charge is 2.19. The average molecular weight is 284 g/mol. The molecule has 1 aromatic carbocycles. The third-order valence-electron chi connectivity index (χ3n) is 3.42. The molecule has 2 aromatic rings. The molecule has 1 N–H and O–H groups in total. The van der Waals surface area contributed by atoms with Crippen molar-refractivity contribution in [2.24, 2.45) is 0 Å². The molecule has 21 heavy (non-hydrogen) atoms. The van der Waals surface area contributed by atoms with Crippen LogP contribution in [0.3, 0.4) is 0 Å². The minimum Gasteiger partial charge on any atom is -0.487 e. The molecule has 3 heteroatoms. The highest BCUT2D eigenvalue weighted by atomic mass is 16.5. The number of hydrogen-bond acceptors (Lipinski definition) is 3. The van der Waals surface area contributed by atoms with Gasteiger partial charge in [-0.2, -0.15) is 0 Å². The number of nitrogens with one attached hydrogen (secondary N) is 1. The van der Waals surface area contributed by atoms with Crippen LogP contribution in [0.5, 0.6) is 5.75 Å². The van der Waals surface area contributed by atoms with Crippen molar-refractivity contribution >= 4 is 5.69 Å². The van der Waals surface area contributed by atoms with Gasteiger partial charge in [0.2, 0.25) is 0 Å². The van der Waals surface area contributed by atoms with Crippen molar-refractivity contribution in [3.63, 3.8) is 0 Å². The minimum absolute atomic E-state index is 0.0571. The van der Waals surface area contributed by atoms with Gasteiger partial charge < -0.3 is 10.1 Å². The van der Waals surface area contributed by atoms with Crippen LogP contribution in [0.2, 0.25) is 0 Å². The van der Waals surface area contributed by atoms with Crippen LogP contribution in [-0.2, 0) is 12.0 Å². The minimum atomic E-state index is 0.0571. The van der Waals surface area contributed by atoms with Gasteiger partial charge in [-0.3, -0.25) is 4.98 Å². The fourth-order valence-electron chi connectivity index (χ4n) is 2.22. The zero-order valence-electron chi connectivity index (χ0n) is 13.5. The Bertz CT molecular complexity index is 615. The zero-order chi connectivity index (χ0) is 15.5. The lowest BCUT2D eigenvalue weighted by Gasteiger charge is -2.23. The van der Waals surface area contributed by atoms with E-state index in [1.54, 1.807) is 6.20 Å². The van der Waals surface area contributed by atoms with E-state index in [4.69, 9.17) is 4.74 Å². The van der Waals surface area contributed by atoms with Crippen LogP contribution in [-0.4, -0.2) is 12.0 Å². The normalized spacial score (nSPS) is 11.3. The number of hydrogen-bond donors (Lipinski definition) is 1. The maximum atomic E-state index is 6.01. The van der Waals surface area contributed by atoms with E-state index in [0.29, 0.717) is 6.61 Å². The van der Waals surface area contributed by atoms with E-state index in [2.05, 4.69) is 56.2 Å². The van der Waals surface area contributed by atoms with Gasteiger partial charge in [-0.05, 0) is 36.1 Å². The van der Waals surface area contributed by atoms with Gasteiger partial charge in [-0.25, -0.2) is 0 Å². The molecular weight excluding hydrogens is 260 g/mol. The molecule has 2 rings (SSSR count). The summed E-state index contributed by atoms with van der Waals surface area (Å²) in [5.74, 6) is 0.935. The molecule has 0 aliphatic heterocycles. The van der Waals surface area contributed by atoms with Gasteiger partial charge in [-0.1, -0.05) is 38.5 Å². The number of ether oxygens (including phenoxy) is 1. The summed E-state index contributed by atoms with van der Waals surface area (Å²) in [6, 6.07) is 10.3. The predicted octanol–water partition coefficient (Wildman–Crippen LogP) is 4.31. The molecule has 0 saturated carbocycles. The number of nitrogens with zero attached hydrogens (tertiary/aromatic N) is 1. The van der Waals surface area contributed by atoms with Crippen molar-refractivity contribution in [3.05, 3.63) is 53.3 Å². The monoisotopic (exact) mass is 284 g/mol. The Morgan fingerprint density at radius 3 is 2.57 bits per heavy atom. The molecule has 0 aliphatic rings. The second-order valence-corrected chi connectivity index (χ2v) is 6.32. The molecule has 0 radical (unpaired) electrons. The van der Waals surface area contributed by atoms with Crippen LogP contribution in [0, 0.1) is 6.92 Å². The Labute approximate surface area is 127 Å². The molecule has 3 nitrogen and oxygen atoms in total. The zero-order valence-corrected chi connectivity index (χ0v) is 13.5. The molecule has 0 saturated heterocycles. The topological polar surface area (TPSA) is 34.2 Å². The number of rotatable bonds is 4. The summed E-state index contributed by atoms with van der Waals surface area (Å²) < 4.78 is 6.01. The lowest BCUT2D eigenvalue weighted by Crippen LogP contribution is -2.14. The molecular formula is C18H24N2O. The summed E-state index contributed by atoms with van der Waals surface area (Å²) >= 11 is 0. The van der Waals surface area contributed by atoms with Gasteiger partial charge in [-0.15, -0.1) is 0 Å². The molecule has 1 aromatic heterocycles. The summed E-state index contributed by atoms with van der Waals surface area (Å²) in [6.07, 6.45) is 1.80. The lowest BCUT2D eigenvalue weighted by atomic mass is 9.85. The number of pyridine rings is 1. The summed E-state index contributed by atoms with van der Waals surface area (Å²) in [6.45, 7) is 9.19. The van der Waals surface area contributed by atoms with Crippen molar-refractivity contribution in [2.45, 2.75) is 39.7 Å². The van der Waals surface area contributed by atoms with Crippen LogP contribution >= 0.6 is 0 Å². The standard InChI is InChI=1S/C18H24N2O/c1-13-6-7-17(16(10-13)18(2,3)4)21-12-15-11-14(19-5)8-9-20-15/h6-11H,12H2,1-5H3,(H,19,20). The first-order chi connectivity index (χ1) is 9.90. The highest BCUT2D eigenvalue weighted by molar-refractivity contribution is 5.43. The van der Waals surface area contributed by atoms with Crippen molar-refractivity contribution in [1.82, 2.24) is 4.98 Å². The number of aryl methyl sites for hydroxylation is 1. The Hall–Kier alpha value is -2.03. The first-order valence-electron chi connectivity index (χ1n) is 7.27. The van der Waals surface area contributed by atoms with E-state index in [-0.39, 0.29) is 5.41 Å². The van der Waals surface area contributed by atoms with Crippen molar-refractivity contribution in [3.8, 4) is 5.75 Å². The van der Waals surface area contributed by atoms with E-state index in [1.165, 1.54) is 11.1 Å². The summed E-state index contributed by atoms with van der Waals surface area (Å²) in [4.78, 5) is 4.35. The largest absolute Gasteiger partial charge is 0.487 e. The molecule has 0 bridgehead atoms. The highest BCUT2D eigenvalue weighted by Crippen LogP contribution is 2.32. The lowest BCUT2D eigenvalue weighted by molar-refractivity contribution is 0.293. The fraction of sp³-hybridized carbons (Fsp3) is 0.389. The van der Waals surface area contributed by atoms with Gasteiger partial charge in [0.25, 0.3) is 0 Å². The summed E-state index contributed by atoms with van der Waals surface area (Å²) in [5, 5.41) is 3.11. The third-order valence-corrected chi connectivity index (χ3v) is 3.42. The van der Waals surface area contributed by atoms with Gasteiger partial charge >= 0.3 is 0 Å². The predicted molar refractivity (Wildman–Crippen MR) is 88.0 cm³/mol. The van der Waals surface area contributed by atoms with Crippen LogP contribution in [0.1, 0.15) is 37.6 Å². The molecule has 0 fully saturated rings. The number of benzene rings is 1. The fourth-order valence-corrected chi connectivity index (χ4v) is 2.22. The number of aromatic nitrogens is 1. The first-order valence-corrected chi connectivity index (χ1v) is 7.27. The van der Waals surface area contributed by atoms with Gasteiger partial charge in [0, 0.05) is 18.9 Å². The average Bonchev–Trinajstić information content (AvgIpc) is 2.45. The molecule has 0 aliphatic carbocycles. The van der Waals surface area contributed by atoms with E-state index in [9.17, 15) is 0 Å². The van der Waals surface area contributed by atoms with Crippen molar-refractivity contribution in [2.75, 3.05) is 12.4 Å². The Morgan fingerprint density at radius 1 is 1.14 bits per heavy atom.